The third-order valence-electron chi connectivity index (χ3n) is 3.49. The molecule has 0 unspecified atom stereocenters. The molecule has 0 spiro atoms. The van der Waals surface area contributed by atoms with Crippen molar-refractivity contribution in [3.63, 3.8) is 0 Å². The van der Waals surface area contributed by atoms with Crippen LogP contribution in [-0.4, -0.2) is 32.4 Å². The number of amides is 1. The van der Waals surface area contributed by atoms with Crippen LogP contribution in [0, 0.1) is 0 Å². The zero-order valence-electron chi connectivity index (χ0n) is 14.1. The summed E-state index contributed by atoms with van der Waals surface area (Å²) in [6.45, 7) is 0.672. The van der Waals surface area contributed by atoms with Gasteiger partial charge in [-0.3, -0.25) is 4.79 Å². The lowest BCUT2D eigenvalue weighted by Gasteiger charge is -2.11. The monoisotopic (exact) mass is 345 g/mol. The lowest BCUT2D eigenvalue weighted by molar-refractivity contribution is -0.120. The zero-order chi connectivity index (χ0) is 17.2. The predicted molar refractivity (Wildman–Crippen MR) is 98.0 cm³/mol. The van der Waals surface area contributed by atoms with Crippen LogP contribution in [0.25, 0.3) is 0 Å². The first kappa shape index (κ1) is 18.2. The molecule has 4 nitrogen and oxygen atoms in total. The standard InChI is InChI=1S/C19H23NO3S/c1-22-16-9-10-18(23-2)15(13-16)14-19(21)20-11-6-12-24-17-7-4-3-5-8-17/h3-5,7-10,13H,6,11-12,14H2,1-2H3,(H,20,21). The van der Waals surface area contributed by atoms with E-state index in [-0.39, 0.29) is 12.3 Å². The van der Waals surface area contributed by atoms with E-state index in [0.717, 1.165) is 23.5 Å². The van der Waals surface area contributed by atoms with E-state index in [2.05, 4.69) is 17.4 Å². The van der Waals surface area contributed by atoms with Crippen LogP contribution in [0.3, 0.4) is 0 Å². The molecule has 0 aliphatic heterocycles. The van der Waals surface area contributed by atoms with E-state index < -0.39 is 0 Å². The molecule has 0 atom stereocenters. The second-order valence-electron chi connectivity index (χ2n) is 5.22. The Morgan fingerprint density at radius 1 is 1.08 bits per heavy atom. The number of nitrogens with one attached hydrogen (secondary N) is 1. The van der Waals surface area contributed by atoms with Crippen LogP contribution in [0.15, 0.2) is 53.4 Å². The highest BCUT2D eigenvalue weighted by molar-refractivity contribution is 7.99. The first-order valence-corrected chi connectivity index (χ1v) is 8.87. The summed E-state index contributed by atoms with van der Waals surface area (Å²) in [6, 6.07) is 15.7. The molecule has 2 aromatic rings. The number of thioether (sulfide) groups is 1. The number of hydrogen-bond donors (Lipinski definition) is 1. The van der Waals surface area contributed by atoms with Crippen molar-refractivity contribution < 1.29 is 14.3 Å². The van der Waals surface area contributed by atoms with Gasteiger partial charge in [0, 0.05) is 17.0 Å². The predicted octanol–water partition coefficient (Wildman–Crippen LogP) is 3.54. The van der Waals surface area contributed by atoms with E-state index in [9.17, 15) is 4.79 Å². The van der Waals surface area contributed by atoms with Crippen molar-refractivity contribution in [1.29, 1.82) is 0 Å². The Labute approximate surface area is 147 Å². The quantitative estimate of drug-likeness (QED) is 0.558. The third kappa shape index (κ3) is 5.81. The van der Waals surface area contributed by atoms with E-state index in [4.69, 9.17) is 9.47 Å². The average molecular weight is 345 g/mol. The van der Waals surface area contributed by atoms with Gasteiger partial charge in [0.25, 0.3) is 0 Å². The van der Waals surface area contributed by atoms with E-state index in [1.54, 1.807) is 26.0 Å². The highest BCUT2D eigenvalue weighted by Gasteiger charge is 2.10. The molecule has 0 saturated heterocycles. The molecule has 1 amide bonds. The molecule has 0 radical (unpaired) electrons. The number of rotatable bonds is 9. The Kier molecular flexibility index (Phi) is 7.49. The van der Waals surface area contributed by atoms with Gasteiger partial charge in [-0.15, -0.1) is 11.8 Å². The summed E-state index contributed by atoms with van der Waals surface area (Å²) in [5, 5.41) is 2.96. The molecule has 2 rings (SSSR count). The van der Waals surface area contributed by atoms with Crippen molar-refractivity contribution in [3.8, 4) is 11.5 Å². The minimum atomic E-state index is -0.00809. The summed E-state index contributed by atoms with van der Waals surface area (Å²) < 4.78 is 10.5. The normalized spacial score (nSPS) is 10.2. The second kappa shape index (κ2) is 9.88. The van der Waals surface area contributed by atoms with E-state index in [1.165, 1.54) is 4.90 Å². The Morgan fingerprint density at radius 2 is 1.88 bits per heavy atom. The summed E-state index contributed by atoms with van der Waals surface area (Å²) in [4.78, 5) is 13.4. The molecule has 0 bridgehead atoms. The van der Waals surface area contributed by atoms with Crippen molar-refractivity contribution in [2.75, 3.05) is 26.5 Å². The van der Waals surface area contributed by atoms with Crippen molar-refractivity contribution >= 4 is 17.7 Å². The summed E-state index contributed by atoms with van der Waals surface area (Å²) in [7, 11) is 3.21. The lowest BCUT2D eigenvalue weighted by Crippen LogP contribution is -2.26. The fraction of sp³-hybridized carbons (Fsp3) is 0.316. The first-order chi connectivity index (χ1) is 11.7. The van der Waals surface area contributed by atoms with Gasteiger partial charge in [0.2, 0.25) is 5.91 Å². The molecule has 0 fully saturated rings. The second-order valence-corrected chi connectivity index (χ2v) is 6.39. The van der Waals surface area contributed by atoms with Gasteiger partial charge in [-0.25, -0.2) is 0 Å². The molecule has 1 N–H and O–H groups in total. The first-order valence-electron chi connectivity index (χ1n) is 7.88. The summed E-state index contributed by atoms with van der Waals surface area (Å²) in [5.41, 5.74) is 0.827. The average Bonchev–Trinajstić information content (AvgIpc) is 2.62. The number of benzene rings is 2. The highest BCUT2D eigenvalue weighted by atomic mass is 32.2. The van der Waals surface area contributed by atoms with Gasteiger partial charge in [-0.05, 0) is 42.5 Å². The highest BCUT2D eigenvalue weighted by Crippen LogP contribution is 2.24. The van der Waals surface area contributed by atoms with Gasteiger partial charge in [-0.1, -0.05) is 18.2 Å². The molecular weight excluding hydrogens is 322 g/mol. The molecule has 2 aromatic carbocycles. The van der Waals surface area contributed by atoms with Crippen molar-refractivity contribution in [2.45, 2.75) is 17.7 Å². The van der Waals surface area contributed by atoms with Gasteiger partial charge in [0.05, 0.1) is 20.6 Å². The van der Waals surface area contributed by atoms with Crippen LogP contribution < -0.4 is 14.8 Å². The molecule has 128 valence electrons. The maximum absolute atomic E-state index is 12.1. The number of ether oxygens (including phenoxy) is 2. The summed E-state index contributed by atoms with van der Waals surface area (Å²) in [5.74, 6) is 2.39. The summed E-state index contributed by atoms with van der Waals surface area (Å²) >= 11 is 1.80. The smallest absolute Gasteiger partial charge is 0.224 e. The van der Waals surface area contributed by atoms with E-state index in [0.29, 0.717) is 12.3 Å². The van der Waals surface area contributed by atoms with Gasteiger partial charge in [0.15, 0.2) is 0 Å². The number of methoxy groups -OCH3 is 2. The number of hydrogen-bond acceptors (Lipinski definition) is 4. The Morgan fingerprint density at radius 3 is 2.58 bits per heavy atom. The van der Waals surface area contributed by atoms with E-state index >= 15 is 0 Å². The van der Waals surface area contributed by atoms with Crippen molar-refractivity contribution in [1.82, 2.24) is 5.32 Å². The Balaban J connectivity index is 1.73. The Hall–Kier alpha value is -2.14. The van der Waals surface area contributed by atoms with Crippen LogP contribution in [-0.2, 0) is 11.2 Å². The van der Waals surface area contributed by atoms with E-state index in [1.807, 2.05) is 36.4 Å². The van der Waals surface area contributed by atoms with Gasteiger partial charge in [-0.2, -0.15) is 0 Å². The SMILES string of the molecule is COc1ccc(OC)c(CC(=O)NCCCSc2ccccc2)c1. The number of carbonyl (C=O) groups excluding carboxylic acids is 1. The molecule has 0 aliphatic rings. The molecule has 24 heavy (non-hydrogen) atoms. The summed E-state index contributed by atoms with van der Waals surface area (Å²) in [6.07, 6.45) is 1.22. The van der Waals surface area contributed by atoms with Crippen LogP contribution in [0.1, 0.15) is 12.0 Å². The van der Waals surface area contributed by atoms with Crippen molar-refractivity contribution in [3.05, 3.63) is 54.1 Å². The maximum Gasteiger partial charge on any atom is 0.224 e. The number of carbonyl (C=O) groups is 1. The minimum Gasteiger partial charge on any atom is -0.497 e. The van der Waals surface area contributed by atoms with Gasteiger partial charge < -0.3 is 14.8 Å². The zero-order valence-corrected chi connectivity index (χ0v) is 14.9. The molecular formula is C19H23NO3S. The molecule has 5 heteroatoms. The lowest BCUT2D eigenvalue weighted by atomic mass is 10.1. The van der Waals surface area contributed by atoms with Crippen LogP contribution in [0.5, 0.6) is 11.5 Å². The maximum atomic E-state index is 12.1. The molecule has 0 aromatic heterocycles. The topological polar surface area (TPSA) is 47.6 Å². The van der Waals surface area contributed by atoms with Gasteiger partial charge in [0.1, 0.15) is 11.5 Å². The Bertz CT molecular complexity index is 646. The molecule has 0 aliphatic carbocycles. The van der Waals surface area contributed by atoms with Crippen LogP contribution in [0.2, 0.25) is 0 Å². The molecule has 0 saturated carbocycles. The van der Waals surface area contributed by atoms with Crippen molar-refractivity contribution in [2.24, 2.45) is 0 Å². The largest absolute Gasteiger partial charge is 0.497 e. The fourth-order valence-electron chi connectivity index (χ4n) is 2.26. The van der Waals surface area contributed by atoms with Crippen LogP contribution in [0.4, 0.5) is 0 Å². The minimum absolute atomic E-state index is 0.00809. The fourth-order valence-corrected chi connectivity index (χ4v) is 3.14. The third-order valence-corrected chi connectivity index (χ3v) is 4.59. The van der Waals surface area contributed by atoms with Crippen LogP contribution >= 0.6 is 11.8 Å². The van der Waals surface area contributed by atoms with Gasteiger partial charge >= 0.3 is 0 Å². The molecule has 0 heterocycles.